The van der Waals surface area contributed by atoms with Gasteiger partial charge in [-0.3, -0.25) is 9.97 Å². The lowest BCUT2D eigenvalue weighted by molar-refractivity contribution is 0.289. The maximum Gasteiger partial charge on any atom is 0.123 e. The number of nitrogens with one attached hydrogen (secondary N) is 4. The van der Waals surface area contributed by atoms with Crippen molar-refractivity contribution >= 4 is 92.7 Å². The van der Waals surface area contributed by atoms with E-state index in [-0.39, 0.29) is 0 Å². The number of aromatic nitrogens is 10. The molecule has 14 rings (SSSR count). The highest BCUT2D eigenvalue weighted by Crippen LogP contribution is 2.44. The summed E-state index contributed by atoms with van der Waals surface area (Å²) in [5, 5.41) is 0. The largest absolute Gasteiger partial charge is 0.493 e. The van der Waals surface area contributed by atoms with Crippen LogP contribution in [0, 0.1) is 0 Å². The summed E-state index contributed by atoms with van der Waals surface area (Å²) in [6.07, 6.45) is 52.4. The zero-order valence-corrected chi connectivity index (χ0v) is 63.6. The van der Waals surface area contributed by atoms with Crippen molar-refractivity contribution < 1.29 is 18.9 Å². The average molecular weight is 1440 g/mol. The second-order valence-corrected chi connectivity index (χ2v) is 29.0. The van der Waals surface area contributed by atoms with Crippen LogP contribution in [-0.4, -0.2) is 76.3 Å². The summed E-state index contributed by atoms with van der Waals surface area (Å²) < 4.78 is 27.1. The van der Waals surface area contributed by atoms with E-state index >= 15 is 0 Å². The standard InChI is InChI=1S/C94H104N10O4/c1-5-9-13-17-21-25-53-105-73-57-67(58-74(63-73)106-54-26-22-18-14-10-6-2)91-79-35-31-71(99-79)61-69-29-33-77(97-69)89(65-45-49-95-50-46-65)81-37-41-85(101-81)93(87-43-39-83(91)103-87)94-86-42-38-82(102-86)90(66-47-51-96-52-48-66)78-34-30-70(98-78)62-72-32-36-80(100-72)92(84-40-44-88(94)104-84)68-59-75(107-55-27-23-19-15-11-7-3)64-76(60-68)108-56-28-24-20-16-12-8-4/h29-52,57-64,97,100,102-103H,5-28,53-56H2,1-4H3. The number of hydrogen-bond donors (Lipinski definition) is 4. The van der Waals surface area contributed by atoms with Gasteiger partial charge in [-0.05, 0) is 206 Å². The number of nitrogens with zero attached hydrogens (tertiary/aromatic N) is 6. The van der Waals surface area contributed by atoms with Crippen molar-refractivity contribution in [2.24, 2.45) is 0 Å². The van der Waals surface area contributed by atoms with Gasteiger partial charge in [0.25, 0.3) is 0 Å². The number of benzene rings is 2. The fraction of sp³-hybridized carbons (Fsp3) is 0.340. The summed E-state index contributed by atoms with van der Waals surface area (Å²) in [6.45, 7) is 11.5. The predicted molar refractivity (Wildman–Crippen MR) is 450 cm³/mol. The molecule has 0 radical (unpaired) electrons. The third kappa shape index (κ3) is 18.6. The molecule has 108 heavy (non-hydrogen) atoms. The van der Waals surface area contributed by atoms with E-state index in [9.17, 15) is 0 Å². The first kappa shape index (κ1) is 74.0. The van der Waals surface area contributed by atoms with Crippen LogP contribution in [0.5, 0.6) is 23.0 Å². The number of ether oxygens (including phenoxy) is 4. The lowest BCUT2D eigenvalue weighted by Crippen LogP contribution is -2.01. The van der Waals surface area contributed by atoms with Crippen molar-refractivity contribution in [1.82, 2.24) is 49.8 Å². The Morgan fingerprint density at radius 3 is 0.852 bits per heavy atom. The Bertz CT molecular complexity index is 5020. The van der Waals surface area contributed by atoms with E-state index in [2.05, 4.69) is 203 Å². The monoisotopic (exact) mass is 1440 g/mol. The van der Waals surface area contributed by atoms with Gasteiger partial charge in [0.1, 0.15) is 23.0 Å². The molecule has 554 valence electrons. The van der Waals surface area contributed by atoms with Crippen molar-refractivity contribution in [3.05, 3.63) is 192 Å². The van der Waals surface area contributed by atoms with E-state index in [0.29, 0.717) is 26.4 Å². The molecule has 4 aliphatic rings. The summed E-state index contributed by atoms with van der Waals surface area (Å²) in [5.41, 5.74) is 22.2. The Morgan fingerprint density at radius 2 is 0.509 bits per heavy atom. The molecule has 4 aliphatic heterocycles. The Morgan fingerprint density at radius 1 is 0.241 bits per heavy atom. The summed E-state index contributed by atoms with van der Waals surface area (Å²) in [7, 11) is 0. The van der Waals surface area contributed by atoms with Gasteiger partial charge in [0.05, 0.1) is 72.0 Å². The highest BCUT2D eigenvalue weighted by molar-refractivity contribution is 6.05. The van der Waals surface area contributed by atoms with E-state index in [1.54, 1.807) is 0 Å². The minimum Gasteiger partial charge on any atom is -0.493 e. The van der Waals surface area contributed by atoms with Gasteiger partial charge in [0, 0.05) is 114 Å². The van der Waals surface area contributed by atoms with Gasteiger partial charge in [0.15, 0.2) is 0 Å². The third-order valence-corrected chi connectivity index (χ3v) is 20.7. The second kappa shape index (κ2) is 37.1. The molecule has 0 saturated heterocycles. The fourth-order valence-electron chi connectivity index (χ4n) is 15.1. The molecule has 0 unspecified atom stereocenters. The van der Waals surface area contributed by atoms with Gasteiger partial charge in [-0.2, -0.15) is 0 Å². The van der Waals surface area contributed by atoms with Crippen LogP contribution in [0.2, 0.25) is 0 Å². The summed E-state index contributed by atoms with van der Waals surface area (Å²) in [5.74, 6) is 3.05. The van der Waals surface area contributed by atoms with E-state index in [1.807, 2.05) is 49.1 Å². The molecule has 12 heterocycles. The average Bonchev–Trinajstić information content (AvgIpc) is 1.60. The molecule has 0 atom stereocenters. The number of unbranched alkanes of at least 4 members (excludes halogenated alkanes) is 20. The van der Waals surface area contributed by atoms with Crippen molar-refractivity contribution in [3.8, 4) is 78.6 Å². The first-order valence-electron chi connectivity index (χ1n) is 40.3. The summed E-state index contributed by atoms with van der Waals surface area (Å²) in [6, 6.07) is 42.5. The van der Waals surface area contributed by atoms with Gasteiger partial charge in [-0.25, -0.2) is 19.9 Å². The van der Waals surface area contributed by atoms with E-state index in [1.165, 1.54) is 103 Å². The van der Waals surface area contributed by atoms with Crippen molar-refractivity contribution in [3.63, 3.8) is 0 Å². The van der Waals surface area contributed by atoms with E-state index < -0.39 is 0 Å². The van der Waals surface area contributed by atoms with Gasteiger partial charge in [0.2, 0.25) is 0 Å². The molecule has 0 aliphatic carbocycles. The third-order valence-electron chi connectivity index (χ3n) is 20.7. The van der Waals surface area contributed by atoms with Crippen LogP contribution in [0.3, 0.4) is 0 Å². The molecule has 16 bridgehead atoms. The SMILES string of the molecule is CCCCCCCCOc1cc(OCCCCCCCC)cc(-c2c3nc(c(-c4c5nc(c(-c6ccncc6)c6ccc(cc7nc(c(-c8cc(OCCCCCCCC)cc(OCCCCCCCC)c8)c8ccc4[nH]8)C=C7)[nH]6)C=C5)c4ccc([nH]4)c(-c4ccncc4)c4nc(cc5ccc2[nH]5)C=C4)C=C3)c1. The minimum absolute atomic E-state index is 0.606. The quantitative estimate of drug-likeness (QED) is 0.0274. The van der Waals surface area contributed by atoms with Crippen LogP contribution in [0.1, 0.15) is 227 Å². The summed E-state index contributed by atoms with van der Waals surface area (Å²) in [4.78, 5) is 47.4. The summed E-state index contributed by atoms with van der Waals surface area (Å²) >= 11 is 0. The van der Waals surface area contributed by atoms with Gasteiger partial charge < -0.3 is 38.9 Å². The Kier molecular flexibility index (Phi) is 25.4. The second-order valence-electron chi connectivity index (χ2n) is 29.0. The molecule has 4 N–H and O–H groups in total. The van der Waals surface area contributed by atoms with Gasteiger partial charge >= 0.3 is 0 Å². The van der Waals surface area contributed by atoms with Crippen molar-refractivity contribution in [1.29, 1.82) is 0 Å². The molecule has 0 amide bonds. The van der Waals surface area contributed by atoms with Gasteiger partial charge in [-0.1, -0.05) is 156 Å². The highest BCUT2D eigenvalue weighted by Gasteiger charge is 2.24. The zero-order chi connectivity index (χ0) is 73.6. The number of pyridine rings is 2. The lowest BCUT2D eigenvalue weighted by atomic mass is 10.0. The minimum atomic E-state index is 0.606. The molecular formula is C94H104N10O4. The maximum absolute atomic E-state index is 6.78. The number of H-pyrrole nitrogens is 4. The van der Waals surface area contributed by atoms with Crippen LogP contribution in [0.4, 0.5) is 0 Å². The molecule has 2 aromatic carbocycles. The Labute approximate surface area is 636 Å². The molecule has 0 saturated carbocycles. The number of fused-ring (bicyclic) bond motifs is 16. The fourth-order valence-corrected chi connectivity index (χ4v) is 15.1. The molecule has 10 aromatic rings. The van der Waals surface area contributed by atoms with Crippen LogP contribution in [-0.2, 0) is 0 Å². The van der Waals surface area contributed by atoms with Crippen molar-refractivity contribution in [2.75, 3.05) is 26.4 Å². The van der Waals surface area contributed by atoms with E-state index in [4.69, 9.17) is 38.9 Å². The van der Waals surface area contributed by atoms with Crippen LogP contribution in [0.25, 0.3) is 148 Å². The van der Waals surface area contributed by atoms with Crippen LogP contribution < -0.4 is 18.9 Å². The Balaban J connectivity index is 1.03. The smallest absolute Gasteiger partial charge is 0.123 e. The van der Waals surface area contributed by atoms with Crippen LogP contribution >= 0.6 is 0 Å². The van der Waals surface area contributed by atoms with E-state index in [0.717, 1.165) is 220 Å². The number of rotatable bonds is 37. The molecule has 0 fully saturated rings. The predicted octanol–water partition coefficient (Wildman–Crippen LogP) is 25.7. The van der Waals surface area contributed by atoms with Crippen molar-refractivity contribution in [2.45, 2.75) is 182 Å². The normalized spacial score (nSPS) is 12.2. The van der Waals surface area contributed by atoms with Crippen LogP contribution in [0.15, 0.2) is 146 Å². The topological polar surface area (TPSA) is 177 Å². The number of aromatic amines is 4. The zero-order valence-electron chi connectivity index (χ0n) is 63.6. The first-order chi connectivity index (χ1) is 53.4. The molecule has 0 spiro atoms. The van der Waals surface area contributed by atoms with Gasteiger partial charge in [-0.15, -0.1) is 0 Å². The maximum atomic E-state index is 6.78. The molecular weight excluding hydrogens is 1330 g/mol. The Hall–Kier alpha value is -10.9. The highest BCUT2D eigenvalue weighted by atomic mass is 16.5. The first-order valence-corrected chi connectivity index (χ1v) is 40.3. The lowest BCUT2D eigenvalue weighted by Gasteiger charge is -2.14. The molecule has 8 aromatic heterocycles. The number of hydrogen-bond acceptors (Lipinski definition) is 10. The molecule has 14 heteroatoms. The molecule has 14 nitrogen and oxygen atoms in total.